The molecule has 1 saturated heterocycles. The van der Waals surface area contributed by atoms with Crippen molar-refractivity contribution >= 4 is 21.7 Å². The van der Waals surface area contributed by atoms with Crippen molar-refractivity contribution in [1.82, 2.24) is 4.98 Å². The summed E-state index contributed by atoms with van der Waals surface area (Å²) in [5.74, 6) is 1.82. The standard InChI is InChI=1S/C12H17BrN2/c1-9-3-5-14-12(7-9)15-6-4-11(13)10(2)8-15/h3,5,7,10-11H,4,6,8H2,1-2H3. The summed E-state index contributed by atoms with van der Waals surface area (Å²) in [5, 5.41) is 0. The first-order valence-electron chi connectivity index (χ1n) is 5.48. The fourth-order valence-electron chi connectivity index (χ4n) is 2.02. The summed E-state index contributed by atoms with van der Waals surface area (Å²) < 4.78 is 0. The second kappa shape index (κ2) is 4.52. The van der Waals surface area contributed by atoms with Gasteiger partial charge >= 0.3 is 0 Å². The van der Waals surface area contributed by atoms with Gasteiger partial charge in [0, 0.05) is 24.1 Å². The van der Waals surface area contributed by atoms with Crippen LogP contribution in [0.15, 0.2) is 18.3 Å². The molecule has 2 rings (SSSR count). The molecular formula is C12H17BrN2. The Morgan fingerprint density at radius 2 is 2.33 bits per heavy atom. The number of alkyl halides is 1. The summed E-state index contributed by atoms with van der Waals surface area (Å²) in [4.78, 5) is 7.48. The van der Waals surface area contributed by atoms with Gasteiger partial charge in [0.2, 0.25) is 0 Å². The van der Waals surface area contributed by atoms with Gasteiger partial charge in [-0.1, -0.05) is 22.9 Å². The normalized spacial score (nSPS) is 26.7. The lowest BCUT2D eigenvalue weighted by molar-refractivity contribution is 0.463. The van der Waals surface area contributed by atoms with Crippen LogP contribution in [0.4, 0.5) is 5.82 Å². The van der Waals surface area contributed by atoms with Crippen LogP contribution in [0.1, 0.15) is 18.9 Å². The maximum Gasteiger partial charge on any atom is 0.128 e. The number of nitrogens with zero attached hydrogens (tertiary/aromatic N) is 2. The van der Waals surface area contributed by atoms with Crippen LogP contribution >= 0.6 is 15.9 Å². The van der Waals surface area contributed by atoms with Gasteiger partial charge in [-0.05, 0) is 37.0 Å². The smallest absolute Gasteiger partial charge is 0.128 e. The minimum atomic E-state index is 0.665. The van der Waals surface area contributed by atoms with Crippen molar-refractivity contribution in [3.63, 3.8) is 0 Å². The number of aromatic nitrogens is 1. The summed E-state index contributed by atoms with van der Waals surface area (Å²) in [6, 6.07) is 4.21. The Morgan fingerprint density at radius 1 is 1.53 bits per heavy atom. The first-order valence-corrected chi connectivity index (χ1v) is 6.40. The molecule has 0 bridgehead atoms. The van der Waals surface area contributed by atoms with E-state index in [4.69, 9.17) is 0 Å². The van der Waals surface area contributed by atoms with E-state index in [9.17, 15) is 0 Å². The number of aryl methyl sites for hydroxylation is 1. The van der Waals surface area contributed by atoms with Crippen LogP contribution in [-0.4, -0.2) is 22.9 Å². The Hall–Kier alpha value is -0.570. The van der Waals surface area contributed by atoms with Gasteiger partial charge in [0.1, 0.15) is 5.82 Å². The van der Waals surface area contributed by atoms with Crippen LogP contribution in [0.5, 0.6) is 0 Å². The third-order valence-electron chi connectivity index (χ3n) is 3.03. The molecule has 2 heterocycles. The van der Waals surface area contributed by atoms with E-state index in [1.165, 1.54) is 12.0 Å². The SMILES string of the molecule is Cc1ccnc(N2CCC(Br)C(C)C2)c1. The average Bonchev–Trinajstić information content (AvgIpc) is 2.22. The number of rotatable bonds is 1. The molecule has 1 aliphatic heterocycles. The van der Waals surface area contributed by atoms with Crippen molar-refractivity contribution in [2.24, 2.45) is 5.92 Å². The largest absolute Gasteiger partial charge is 0.356 e. The van der Waals surface area contributed by atoms with Gasteiger partial charge in [-0.3, -0.25) is 0 Å². The molecule has 0 saturated carbocycles. The number of anilines is 1. The van der Waals surface area contributed by atoms with Gasteiger partial charge in [0.25, 0.3) is 0 Å². The van der Waals surface area contributed by atoms with Crippen molar-refractivity contribution in [3.8, 4) is 0 Å². The second-order valence-corrected chi connectivity index (χ2v) is 5.60. The molecule has 1 aliphatic rings. The average molecular weight is 269 g/mol. The minimum absolute atomic E-state index is 0.665. The molecular weight excluding hydrogens is 252 g/mol. The van der Waals surface area contributed by atoms with E-state index < -0.39 is 0 Å². The molecule has 15 heavy (non-hydrogen) atoms. The number of hydrogen-bond donors (Lipinski definition) is 0. The molecule has 0 amide bonds. The zero-order valence-electron chi connectivity index (χ0n) is 9.28. The molecule has 0 spiro atoms. The predicted molar refractivity (Wildman–Crippen MR) is 67.7 cm³/mol. The van der Waals surface area contributed by atoms with Crippen LogP contribution in [0.25, 0.3) is 0 Å². The Bertz CT molecular complexity index is 340. The monoisotopic (exact) mass is 268 g/mol. The highest BCUT2D eigenvalue weighted by molar-refractivity contribution is 9.09. The van der Waals surface area contributed by atoms with Crippen LogP contribution in [0.2, 0.25) is 0 Å². The van der Waals surface area contributed by atoms with E-state index in [1.54, 1.807) is 0 Å². The van der Waals surface area contributed by atoms with Gasteiger partial charge in [-0.25, -0.2) is 4.98 Å². The molecule has 1 aromatic rings. The van der Waals surface area contributed by atoms with Gasteiger partial charge in [-0.15, -0.1) is 0 Å². The molecule has 0 N–H and O–H groups in total. The van der Waals surface area contributed by atoms with Gasteiger partial charge in [0.15, 0.2) is 0 Å². The minimum Gasteiger partial charge on any atom is -0.356 e. The first-order chi connectivity index (χ1) is 7.16. The molecule has 1 fully saturated rings. The number of halogens is 1. The Morgan fingerprint density at radius 3 is 3.00 bits per heavy atom. The topological polar surface area (TPSA) is 16.1 Å². The second-order valence-electron chi connectivity index (χ2n) is 4.42. The van der Waals surface area contributed by atoms with Gasteiger partial charge < -0.3 is 4.90 Å². The van der Waals surface area contributed by atoms with E-state index in [1.807, 2.05) is 12.3 Å². The van der Waals surface area contributed by atoms with Crippen LogP contribution in [0, 0.1) is 12.8 Å². The lowest BCUT2D eigenvalue weighted by Gasteiger charge is -2.35. The highest BCUT2D eigenvalue weighted by atomic mass is 79.9. The summed E-state index contributed by atoms with van der Waals surface area (Å²) in [5.41, 5.74) is 1.29. The van der Waals surface area contributed by atoms with Crippen molar-refractivity contribution in [1.29, 1.82) is 0 Å². The van der Waals surface area contributed by atoms with Crippen LogP contribution < -0.4 is 4.90 Å². The zero-order chi connectivity index (χ0) is 10.8. The zero-order valence-corrected chi connectivity index (χ0v) is 10.9. The van der Waals surface area contributed by atoms with E-state index in [2.05, 4.69) is 45.7 Å². The van der Waals surface area contributed by atoms with Crippen molar-refractivity contribution in [2.45, 2.75) is 25.1 Å². The quantitative estimate of drug-likeness (QED) is 0.728. The molecule has 2 nitrogen and oxygen atoms in total. The predicted octanol–water partition coefficient (Wildman–Crippen LogP) is 3.00. The summed E-state index contributed by atoms with van der Waals surface area (Å²) in [7, 11) is 0. The number of piperidine rings is 1. The Labute approximate surface area is 99.8 Å². The van der Waals surface area contributed by atoms with E-state index in [0.717, 1.165) is 18.9 Å². The summed E-state index contributed by atoms with van der Waals surface area (Å²) in [6.45, 7) is 6.62. The molecule has 82 valence electrons. The van der Waals surface area contributed by atoms with Gasteiger partial charge in [0.05, 0.1) is 0 Å². The fraction of sp³-hybridized carbons (Fsp3) is 0.583. The van der Waals surface area contributed by atoms with E-state index >= 15 is 0 Å². The van der Waals surface area contributed by atoms with E-state index in [0.29, 0.717) is 10.7 Å². The molecule has 0 aromatic carbocycles. The third-order valence-corrected chi connectivity index (χ3v) is 4.39. The Kier molecular flexibility index (Phi) is 3.29. The molecule has 3 heteroatoms. The first kappa shape index (κ1) is 10.9. The number of hydrogen-bond acceptors (Lipinski definition) is 2. The molecule has 2 unspecified atom stereocenters. The molecule has 0 aliphatic carbocycles. The summed E-state index contributed by atoms with van der Waals surface area (Å²) >= 11 is 3.72. The lowest BCUT2D eigenvalue weighted by atomic mass is 10.00. The van der Waals surface area contributed by atoms with Crippen LogP contribution in [0.3, 0.4) is 0 Å². The summed E-state index contributed by atoms with van der Waals surface area (Å²) in [6.07, 6.45) is 3.10. The van der Waals surface area contributed by atoms with Crippen LogP contribution in [-0.2, 0) is 0 Å². The molecule has 0 radical (unpaired) electrons. The van der Waals surface area contributed by atoms with Crippen molar-refractivity contribution < 1.29 is 0 Å². The Balaban J connectivity index is 2.12. The molecule has 1 aromatic heterocycles. The van der Waals surface area contributed by atoms with E-state index in [-0.39, 0.29) is 0 Å². The number of pyridine rings is 1. The fourth-order valence-corrected chi connectivity index (χ4v) is 2.39. The van der Waals surface area contributed by atoms with Gasteiger partial charge in [-0.2, -0.15) is 0 Å². The van der Waals surface area contributed by atoms with Crippen molar-refractivity contribution in [2.75, 3.05) is 18.0 Å². The highest BCUT2D eigenvalue weighted by Gasteiger charge is 2.24. The maximum absolute atomic E-state index is 4.43. The molecule has 2 atom stereocenters. The van der Waals surface area contributed by atoms with Crippen molar-refractivity contribution in [3.05, 3.63) is 23.9 Å². The maximum atomic E-state index is 4.43. The lowest BCUT2D eigenvalue weighted by Crippen LogP contribution is -2.40. The highest BCUT2D eigenvalue weighted by Crippen LogP contribution is 2.26. The third kappa shape index (κ3) is 2.51.